The number of carbonyl (C=O) groups is 1. The molecule has 0 spiro atoms. The zero-order valence-corrected chi connectivity index (χ0v) is 17.2. The van der Waals surface area contributed by atoms with Crippen molar-refractivity contribution in [2.45, 2.75) is 32.1 Å². The number of hydrogen-bond acceptors (Lipinski definition) is 7. The van der Waals surface area contributed by atoms with Gasteiger partial charge in [-0.15, -0.1) is 0 Å². The summed E-state index contributed by atoms with van der Waals surface area (Å²) in [5.41, 5.74) is 6.20. The zero-order chi connectivity index (χ0) is 20.9. The van der Waals surface area contributed by atoms with Gasteiger partial charge in [0.15, 0.2) is 0 Å². The number of rotatable bonds is 7. The van der Waals surface area contributed by atoms with Crippen molar-refractivity contribution >= 4 is 39.9 Å². The van der Waals surface area contributed by atoms with Crippen molar-refractivity contribution in [3.05, 3.63) is 52.6 Å². The standard InChI is InChI=1S/C21H23ClN6O2/c22-13-6-7-15-17(10-13)27-16-5-2-1-4-14(16)20(15)24-9-3-8-23-19-12-25-18(11-26-19)21(29)28-30/h6-7,10-12,30H,1-5,8-9H2,(H,23,26)(H,24,27)(H,28,29). The van der Waals surface area contributed by atoms with Crippen molar-refractivity contribution in [3.63, 3.8) is 0 Å². The Balaban J connectivity index is 1.39. The van der Waals surface area contributed by atoms with Crippen LogP contribution in [0.5, 0.6) is 0 Å². The Hall–Kier alpha value is -2.97. The molecule has 3 aromatic rings. The number of aromatic nitrogens is 3. The van der Waals surface area contributed by atoms with Crippen molar-refractivity contribution in [2.24, 2.45) is 0 Å². The number of halogens is 1. The molecule has 0 atom stereocenters. The lowest BCUT2D eigenvalue weighted by Gasteiger charge is -2.22. The molecule has 9 heteroatoms. The lowest BCUT2D eigenvalue weighted by atomic mass is 9.92. The molecule has 8 nitrogen and oxygen atoms in total. The van der Waals surface area contributed by atoms with Crippen LogP contribution in [0.2, 0.25) is 5.02 Å². The van der Waals surface area contributed by atoms with E-state index in [0.717, 1.165) is 36.7 Å². The Morgan fingerprint density at radius 2 is 1.93 bits per heavy atom. The van der Waals surface area contributed by atoms with Gasteiger partial charge in [0.2, 0.25) is 0 Å². The first-order chi connectivity index (χ1) is 14.7. The van der Waals surface area contributed by atoms with E-state index < -0.39 is 5.91 Å². The molecular weight excluding hydrogens is 404 g/mol. The van der Waals surface area contributed by atoms with Gasteiger partial charge in [-0.2, -0.15) is 0 Å². The monoisotopic (exact) mass is 426 g/mol. The second-order valence-electron chi connectivity index (χ2n) is 7.22. The molecule has 0 aliphatic heterocycles. The number of fused-ring (bicyclic) bond motifs is 2. The van der Waals surface area contributed by atoms with Gasteiger partial charge in [-0.05, 0) is 55.9 Å². The Morgan fingerprint density at radius 1 is 1.10 bits per heavy atom. The highest BCUT2D eigenvalue weighted by molar-refractivity contribution is 6.31. The summed E-state index contributed by atoms with van der Waals surface area (Å²) in [6, 6.07) is 5.88. The van der Waals surface area contributed by atoms with Crippen LogP contribution in [0.15, 0.2) is 30.6 Å². The number of nitrogens with zero attached hydrogens (tertiary/aromatic N) is 3. The average Bonchev–Trinajstić information content (AvgIpc) is 2.78. The van der Waals surface area contributed by atoms with Gasteiger partial charge in [-0.25, -0.2) is 15.4 Å². The largest absolute Gasteiger partial charge is 0.384 e. The number of hydrogen-bond donors (Lipinski definition) is 4. The van der Waals surface area contributed by atoms with Gasteiger partial charge in [0.25, 0.3) is 5.91 Å². The van der Waals surface area contributed by atoms with Crippen LogP contribution < -0.4 is 16.1 Å². The van der Waals surface area contributed by atoms with Gasteiger partial charge >= 0.3 is 0 Å². The molecule has 156 valence electrons. The fourth-order valence-corrected chi connectivity index (χ4v) is 3.88. The predicted molar refractivity (Wildman–Crippen MR) is 116 cm³/mol. The lowest BCUT2D eigenvalue weighted by molar-refractivity contribution is 0.0700. The van der Waals surface area contributed by atoms with Gasteiger partial charge in [0.05, 0.1) is 17.9 Å². The fraction of sp³-hybridized carbons (Fsp3) is 0.333. The van der Waals surface area contributed by atoms with Gasteiger partial charge in [-0.1, -0.05) is 11.6 Å². The summed E-state index contributed by atoms with van der Waals surface area (Å²) in [5.74, 6) is -0.113. The molecule has 4 N–H and O–H groups in total. The number of benzene rings is 1. The molecule has 0 radical (unpaired) electrons. The number of anilines is 2. The van der Waals surface area contributed by atoms with Crippen LogP contribution in [0, 0.1) is 0 Å². The molecule has 2 heterocycles. The summed E-state index contributed by atoms with van der Waals surface area (Å²) < 4.78 is 0. The van der Waals surface area contributed by atoms with Crippen LogP contribution in [-0.4, -0.2) is 39.2 Å². The summed E-state index contributed by atoms with van der Waals surface area (Å²) in [5, 5.41) is 17.2. The highest BCUT2D eigenvalue weighted by Crippen LogP contribution is 2.34. The Labute approximate surface area is 179 Å². The average molecular weight is 427 g/mol. The quantitative estimate of drug-likeness (QED) is 0.259. The number of hydroxylamine groups is 1. The maximum absolute atomic E-state index is 11.3. The van der Waals surface area contributed by atoms with E-state index in [0.29, 0.717) is 17.4 Å². The third kappa shape index (κ3) is 4.44. The van der Waals surface area contributed by atoms with E-state index in [-0.39, 0.29) is 5.69 Å². The maximum Gasteiger partial charge on any atom is 0.294 e. The van der Waals surface area contributed by atoms with Gasteiger partial charge in [-0.3, -0.25) is 15.0 Å². The summed E-state index contributed by atoms with van der Waals surface area (Å²) >= 11 is 6.18. The molecule has 1 amide bonds. The van der Waals surface area contributed by atoms with Gasteiger partial charge in [0.1, 0.15) is 11.5 Å². The molecule has 1 aromatic carbocycles. The number of amides is 1. The lowest BCUT2D eigenvalue weighted by Crippen LogP contribution is -2.20. The SMILES string of the molecule is O=C(NO)c1cnc(NCCCNc2c3c(nc4cc(Cl)ccc24)CCCC3)cn1. The number of nitrogens with one attached hydrogen (secondary N) is 3. The van der Waals surface area contributed by atoms with Crippen LogP contribution in [0.1, 0.15) is 41.0 Å². The highest BCUT2D eigenvalue weighted by Gasteiger charge is 2.18. The fourth-order valence-electron chi connectivity index (χ4n) is 3.71. The molecule has 1 aliphatic carbocycles. The topological polar surface area (TPSA) is 112 Å². The Bertz CT molecular complexity index is 1060. The third-order valence-corrected chi connectivity index (χ3v) is 5.41. The second kappa shape index (κ2) is 9.23. The van der Waals surface area contributed by atoms with E-state index in [1.165, 1.54) is 47.7 Å². The van der Waals surface area contributed by atoms with Crippen LogP contribution >= 0.6 is 11.6 Å². The molecular formula is C21H23ClN6O2. The van der Waals surface area contributed by atoms with Crippen molar-refractivity contribution in [3.8, 4) is 0 Å². The zero-order valence-electron chi connectivity index (χ0n) is 16.4. The molecule has 4 rings (SSSR count). The molecule has 0 bridgehead atoms. The molecule has 0 saturated heterocycles. The minimum atomic E-state index is -0.688. The number of aryl methyl sites for hydroxylation is 1. The molecule has 0 fully saturated rings. The molecule has 30 heavy (non-hydrogen) atoms. The predicted octanol–water partition coefficient (Wildman–Crippen LogP) is 3.59. The molecule has 0 saturated carbocycles. The van der Waals surface area contributed by atoms with Gasteiger partial charge in [0, 0.05) is 34.9 Å². The van der Waals surface area contributed by atoms with E-state index in [1.54, 1.807) is 0 Å². The van der Waals surface area contributed by atoms with E-state index >= 15 is 0 Å². The Morgan fingerprint density at radius 3 is 2.73 bits per heavy atom. The van der Waals surface area contributed by atoms with E-state index in [4.69, 9.17) is 21.8 Å². The molecule has 2 aromatic heterocycles. The summed E-state index contributed by atoms with van der Waals surface area (Å²) in [6.45, 7) is 1.49. The smallest absolute Gasteiger partial charge is 0.294 e. The molecule has 1 aliphatic rings. The first kappa shape index (κ1) is 20.3. The first-order valence-electron chi connectivity index (χ1n) is 10.0. The third-order valence-electron chi connectivity index (χ3n) is 5.17. The van der Waals surface area contributed by atoms with Crippen LogP contribution in [0.4, 0.5) is 11.5 Å². The number of carbonyl (C=O) groups excluding carboxylic acids is 1. The van der Waals surface area contributed by atoms with E-state index in [1.807, 2.05) is 18.2 Å². The summed E-state index contributed by atoms with van der Waals surface area (Å²) in [7, 11) is 0. The van der Waals surface area contributed by atoms with Crippen molar-refractivity contribution in [2.75, 3.05) is 23.7 Å². The van der Waals surface area contributed by atoms with E-state index in [2.05, 4.69) is 20.6 Å². The first-order valence-corrected chi connectivity index (χ1v) is 10.4. The van der Waals surface area contributed by atoms with Gasteiger partial charge < -0.3 is 10.6 Å². The van der Waals surface area contributed by atoms with Crippen molar-refractivity contribution in [1.29, 1.82) is 0 Å². The van der Waals surface area contributed by atoms with Crippen LogP contribution in [0.3, 0.4) is 0 Å². The summed E-state index contributed by atoms with van der Waals surface area (Å²) in [4.78, 5) is 24.2. The van der Waals surface area contributed by atoms with Crippen molar-refractivity contribution in [1.82, 2.24) is 20.4 Å². The summed E-state index contributed by atoms with van der Waals surface area (Å²) in [6.07, 6.45) is 8.07. The van der Waals surface area contributed by atoms with Crippen molar-refractivity contribution < 1.29 is 10.0 Å². The normalized spacial score (nSPS) is 13.0. The van der Waals surface area contributed by atoms with Crippen LogP contribution in [-0.2, 0) is 12.8 Å². The van der Waals surface area contributed by atoms with Crippen LogP contribution in [0.25, 0.3) is 10.9 Å². The highest BCUT2D eigenvalue weighted by atomic mass is 35.5. The number of pyridine rings is 1. The molecule has 0 unspecified atom stereocenters. The van der Waals surface area contributed by atoms with E-state index in [9.17, 15) is 4.79 Å². The minimum absolute atomic E-state index is 0.0548. The Kier molecular flexibility index (Phi) is 6.25. The minimum Gasteiger partial charge on any atom is -0.384 e. The second-order valence-corrected chi connectivity index (χ2v) is 7.65. The maximum atomic E-state index is 11.3.